The molecule has 0 N–H and O–H groups in total. The van der Waals surface area contributed by atoms with Crippen LogP contribution in [0.5, 0.6) is 0 Å². The van der Waals surface area contributed by atoms with Crippen LogP contribution in [0.1, 0.15) is 40.9 Å². The van der Waals surface area contributed by atoms with Gasteiger partial charge in [0.15, 0.2) is 5.78 Å². The van der Waals surface area contributed by atoms with Crippen molar-refractivity contribution in [2.75, 3.05) is 0 Å². The number of carbonyl (C=O) groups is 1. The van der Waals surface area contributed by atoms with Crippen LogP contribution in [0.25, 0.3) is 0 Å². The molecule has 0 aromatic heterocycles. The Balaban J connectivity index is 2.33. The van der Waals surface area contributed by atoms with E-state index in [1.54, 1.807) is 6.07 Å². The molecule has 0 spiro atoms. The van der Waals surface area contributed by atoms with Gasteiger partial charge in [-0.2, -0.15) is 0 Å². The first-order valence-electron chi connectivity index (χ1n) is 6.87. The van der Waals surface area contributed by atoms with Gasteiger partial charge in [0, 0.05) is 11.1 Å². The second-order valence-electron chi connectivity index (χ2n) is 5.61. The quantitative estimate of drug-likeness (QED) is 0.717. The van der Waals surface area contributed by atoms with E-state index in [1.165, 1.54) is 5.56 Å². The summed E-state index contributed by atoms with van der Waals surface area (Å²) in [6.45, 7) is 6.31. The van der Waals surface area contributed by atoms with Crippen molar-refractivity contribution in [2.45, 2.75) is 27.2 Å². The minimum absolute atomic E-state index is 0.0133. The Morgan fingerprint density at radius 1 is 1.15 bits per heavy atom. The Morgan fingerprint density at radius 3 is 2.55 bits per heavy atom. The zero-order chi connectivity index (χ0) is 14.7. The predicted molar refractivity (Wildman–Crippen MR) is 84.6 cm³/mol. The number of benzene rings is 2. The number of rotatable bonds is 4. The summed E-state index contributed by atoms with van der Waals surface area (Å²) in [6, 6.07) is 13.4. The van der Waals surface area contributed by atoms with Crippen LogP contribution in [0.4, 0.5) is 0 Å². The normalized spacial score (nSPS) is 10.8. The topological polar surface area (TPSA) is 17.1 Å². The average molecular weight is 287 g/mol. The van der Waals surface area contributed by atoms with E-state index in [2.05, 4.69) is 19.9 Å². The minimum atomic E-state index is -0.0133. The van der Waals surface area contributed by atoms with Crippen LogP contribution in [-0.4, -0.2) is 5.78 Å². The average Bonchev–Trinajstić information content (AvgIpc) is 2.37. The lowest BCUT2D eigenvalue weighted by Crippen LogP contribution is -2.04. The highest BCUT2D eigenvalue weighted by atomic mass is 35.5. The summed E-state index contributed by atoms with van der Waals surface area (Å²) in [7, 11) is 0. The van der Waals surface area contributed by atoms with Crippen molar-refractivity contribution in [3.63, 3.8) is 0 Å². The van der Waals surface area contributed by atoms with Crippen molar-refractivity contribution >= 4 is 17.4 Å². The zero-order valence-electron chi connectivity index (χ0n) is 12.1. The van der Waals surface area contributed by atoms with Crippen molar-refractivity contribution in [1.29, 1.82) is 0 Å². The maximum Gasteiger partial charge on any atom is 0.194 e. The molecule has 0 aliphatic heterocycles. The number of hydrogen-bond acceptors (Lipinski definition) is 1. The summed E-state index contributed by atoms with van der Waals surface area (Å²) < 4.78 is 0. The largest absolute Gasteiger partial charge is 0.289 e. The van der Waals surface area contributed by atoms with Gasteiger partial charge in [0.2, 0.25) is 0 Å². The first kappa shape index (κ1) is 14.8. The smallest absolute Gasteiger partial charge is 0.194 e. The van der Waals surface area contributed by atoms with Gasteiger partial charge in [-0.1, -0.05) is 49.7 Å². The Morgan fingerprint density at radius 2 is 1.90 bits per heavy atom. The number of hydrogen-bond donors (Lipinski definition) is 0. The van der Waals surface area contributed by atoms with Crippen molar-refractivity contribution in [3.05, 3.63) is 69.7 Å². The molecule has 2 aromatic carbocycles. The molecule has 0 unspecified atom stereocenters. The summed E-state index contributed by atoms with van der Waals surface area (Å²) in [5.41, 5.74) is 3.52. The van der Waals surface area contributed by atoms with Crippen LogP contribution in [0.15, 0.2) is 42.5 Å². The molecule has 0 radical (unpaired) electrons. The van der Waals surface area contributed by atoms with E-state index in [1.807, 2.05) is 37.3 Å². The van der Waals surface area contributed by atoms with Gasteiger partial charge in [0.25, 0.3) is 0 Å². The zero-order valence-corrected chi connectivity index (χ0v) is 12.9. The standard InChI is InChI=1S/C18H19ClO/c1-12(2)9-14-5-4-6-15(11-14)18(20)16-8-7-13(3)10-17(16)19/h4-8,10-12H,9H2,1-3H3. The number of ketones is 1. The second kappa shape index (κ2) is 6.23. The van der Waals surface area contributed by atoms with Crippen LogP contribution in [0.2, 0.25) is 5.02 Å². The Bertz CT molecular complexity index is 629. The SMILES string of the molecule is Cc1ccc(C(=O)c2cccc(CC(C)C)c2)c(Cl)c1. The molecule has 104 valence electrons. The first-order valence-corrected chi connectivity index (χ1v) is 7.25. The Kier molecular flexibility index (Phi) is 4.61. The lowest BCUT2D eigenvalue weighted by atomic mass is 9.97. The third-order valence-electron chi connectivity index (χ3n) is 3.20. The summed E-state index contributed by atoms with van der Waals surface area (Å²) >= 11 is 6.18. The fourth-order valence-corrected chi connectivity index (χ4v) is 2.59. The van der Waals surface area contributed by atoms with E-state index < -0.39 is 0 Å². The fraction of sp³-hybridized carbons (Fsp3) is 0.278. The van der Waals surface area contributed by atoms with E-state index in [9.17, 15) is 4.79 Å². The molecule has 0 fully saturated rings. The van der Waals surface area contributed by atoms with E-state index in [0.717, 1.165) is 12.0 Å². The number of aryl methyl sites for hydroxylation is 1. The molecule has 0 aliphatic carbocycles. The van der Waals surface area contributed by atoms with Gasteiger partial charge in [-0.3, -0.25) is 4.79 Å². The second-order valence-corrected chi connectivity index (χ2v) is 6.02. The van der Waals surface area contributed by atoms with Gasteiger partial charge in [-0.25, -0.2) is 0 Å². The highest BCUT2D eigenvalue weighted by molar-refractivity contribution is 6.35. The van der Waals surface area contributed by atoms with Crippen molar-refractivity contribution in [3.8, 4) is 0 Å². The highest BCUT2D eigenvalue weighted by Crippen LogP contribution is 2.22. The molecule has 0 saturated heterocycles. The van der Waals surface area contributed by atoms with Crippen LogP contribution in [0, 0.1) is 12.8 Å². The van der Waals surface area contributed by atoms with Crippen LogP contribution in [0.3, 0.4) is 0 Å². The van der Waals surface area contributed by atoms with Gasteiger partial charge < -0.3 is 0 Å². The summed E-state index contributed by atoms with van der Waals surface area (Å²) in [5, 5.41) is 0.518. The minimum Gasteiger partial charge on any atom is -0.289 e. The van der Waals surface area contributed by atoms with Gasteiger partial charge >= 0.3 is 0 Å². The summed E-state index contributed by atoms with van der Waals surface area (Å²) in [4.78, 5) is 12.5. The van der Waals surface area contributed by atoms with Gasteiger partial charge in [0.1, 0.15) is 0 Å². The molecule has 0 aliphatic rings. The van der Waals surface area contributed by atoms with Crippen molar-refractivity contribution in [1.82, 2.24) is 0 Å². The molecular weight excluding hydrogens is 268 g/mol. The lowest BCUT2D eigenvalue weighted by molar-refractivity contribution is 0.103. The highest BCUT2D eigenvalue weighted by Gasteiger charge is 2.13. The van der Waals surface area contributed by atoms with E-state index in [0.29, 0.717) is 22.1 Å². The van der Waals surface area contributed by atoms with Crippen LogP contribution >= 0.6 is 11.6 Å². The predicted octanol–water partition coefficient (Wildman–Crippen LogP) is 5.08. The number of halogens is 1. The third kappa shape index (κ3) is 3.49. The van der Waals surface area contributed by atoms with Crippen molar-refractivity contribution < 1.29 is 4.79 Å². The monoisotopic (exact) mass is 286 g/mol. The van der Waals surface area contributed by atoms with Gasteiger partial charge in [-0.05, 0) is 48.6 Å². The molecule has 2 heteroatoms. The molecule has 1 nitrogen and oxygen atoms in total. The van der Waals surface area contributed by atoms with Gasteiger partial charge in [-0.15, -0.1) is 0 Å². The molecule has 0 saturated carbocycles. The molecule has 0 amide bonds. The maximum atomic E-state index is 12.5. The molecule has 0 heterocycles. The molecular formula is C18H19ClO. The fourth-order valence-electron chi connectivity index (χ4n) is 2.27. The molecule has 2 aromatic rings. The first-order chi connectivity index (χ1) is 9.47. The molecule has 0 atom stereocenters. The number of carbonyl (C=O) groups excluding carboxylic acids is 1. The Hall–Kier alpha value is -1.60. The van der Waals surface area contributed by atoms with Crippen molar-refractivity contribution in [2.24, 2.45) is 5.92 Å². The summed E-state index contributed by atoms with van der Waals surface area (Å²) in [5.74, 6) is 0.559. The molecule has 20 heavy (non-hydrogen) atoms. The van der Waals surface area contributed by atoms with E-state index in [-0.39, 0.29) is 5.78 Å². The van der Waals surface area contributed by atoms with Crippen LogP contribution < -0.4 is 0 Å². The van der Waals surface area contributed by atoms with Crippen LogP contribution in [-0.2, 0) is 6.42 Å². The molecule has 0 bridgehead atoms. The molecule has 2 rings (SSSR count). The summed E-state index contributed by atoms with van der Waals surface area (Å²) in [6.07, 6.45) is 0.975. The van der Waals surface area contributed by atoms with Gasteiger partial charge in [0.05, 0.1) is 5.02 Å². The van der Waals surface area contributed by atoms with E-state index in [4.69, 9.17) is 11.6 Å². The third-order valence-corrected chi connectivity index (χ3v) is 3.52. The maximum absolute atomic E-state index is 12.5. The Labute approximate surface area is 125 Å². The lowest BCUT2D eigenvalue weighted by Gasteiger charge is -2.08. The van der Waals surface area contributed by atoms with E-state index >= 15 is 0 Å².